The van der Waals surface area contributed by atoms with Crippen molar-refractivity contribution in [3.8, 4) is 0 Å². The van der Waals surface area contributed by atoms with Gasteiger partial charge < -0.3 is 14.7 Å². The molecule has 1 fully saturated rings. The topological polar surface area (TPSA) is 66.8 Å². The molecule has 1 aliphatic rings. The summed E-state index contributed by atoms with van der Waals surface area (Å²) in [5, 5.41) is 8.91. The van der Waals surface area contributed by atoms with E-state index in [4.69, 9.17) is 5.11 Å². The lowest BCUT2D eigenvalue weighted by Gasteiger charge is -2.23. The summed E-state index contributed by atoms with van der Waals surface area (Å²) in [4.78, 5) is 24.1. The highest BCUT2D eigenvalue weighted by atomic mass is 19.3. The maximum atomic E-state index is 11.8. The van der Waals surface area contributed by atoms with E-state index < -0.39 is 24.9 Å². The number of carbonyl (C=O) groups excluding carboxylic acids is 1. The number of halogens is 2. The number of rotatable bonds is 6. The van der Waals surface area contributed by atoms with E-state index in [1.54, 1.807) is 6.92 Å². The number of carboxylic acid groups (broad SMARTS) is 1. The second-order valence-electron chi connectivity index (χ2n) is 4.28. The first kappa shape index (κ1) is 14.8. The fourth-order valence-corrected chi connectivity index (χ4v) is 2.10. The summed E-state index contributed by atoms with van der Waals surface area (Å²) in [7, 11) is 0. The van der Waals surface area contributed by atoms with Gasteiger partial charge in [-0.15, -0.1) is 0 Å². The maximum Gasteiger partial charge on any atom is 0.308 e. The number of hydrogen-bond donors (Lipinski definition) is 1. The average molecular weight is 265 g/mol. The largest absolute Gasteiger partial charge is 0.481 e. The maximum absolute atomic E-state index is 11.8. The van der Waals surface area contributed by atoms with Gasteiger partial charge in [0, 0.05) is 12.6 Å². The molecule has 0 saturated carbocycles. The van der Waals surface area contributed by atoms with Crippen molar-refractivity contribution in [2.75, 3.05) is 19.8 Å². The van der Waals surface area contributed by atoms with Crippen LogP contribution in [0, 0.1) is 5.92 Å². The van der Waals surface area contributed by atoms with Crippen LogP contribution in [0.3, 0.4) is 0 Å². The van der Waals surface area contributed by atoms with Crippen LogP contribution in [0.25, 0.3) is 0 Å². The van der Waals surface area contributed by atoms with Crippen molar-refractivity contribution < 1.29 is 28.2 Å². The van der Waals surface area contributed by atoms with Crippen LogP contribution in [0.4, 0.5) is 8.78 Å². The Bertz CT molecular complexity index is 311. The van der Waals surface area contributed by atoms with Crippen molar-refractivity contribution in [3.63, 3.8) is 0 Å². The minimum absolute atomic E-state index is 0.00337. The van der Waals surface area contributed by atoms with Gasteiger partial charge in [0.15, 0.2) is 0 Å². The summed E-state index contributed by atoms with van der Waals surface area (Å²) in [5.41, 5.74) is 0. The van der Waals surface area contributed by atoms with Crippen LogP contribution in [0.15, 0.2) is 0 Å². The summed E-state index contributed by atoms with van der Waals surface area (Å²) in [6.45, 7) is 1.33. The molecule has 104 valence electrons. The summed E-state index contributed by atoms with van der Waals surface area (Å²) in [6, 6.07) is -0.356. The SMILES string of the molecule is CC1C(C(=O)O)CCN1C(=O)CCOCC(F)F. The Hall–Kier alpha value is -1.24. The van der Waals surface area contributed by atoms with Gasteiger partial charge in [-0.05, 0) is 13.3 Å². The molecule has 1 aliphatic heterocycles. The molecule has 0 aliphatic carbocycles. The minimum Gasteiger partial charge on any atom is -0.481 e. The highest BCUT2D eigenvalue weighted by molar-refractivity contribution is 5.79. The van der Waals surface area contributed by atoms with Gasteiger partial charge >= 0.3 is 5.97 Å². The molecule has 5 nitrogen and oxygen atoms in total. The van der Waals surface area contributed by atoms with Crippen LogP contribution < -0.4 is 0 Å². The molecule has 18 heavy (non-hydrogen) atoms. The molecule has 0 radical (unpaired) electrons. The van der Waals surface area contributed by atoms with Gasteiger partial charge in [-0.25, -0.2) is 8.78 Å². The van der Waals surface area contributed by atoms with E-state index in [9.17, 15) is 18.4 Å². The zero-order valence-electron chi connectivity index (χ0n) is 10.1. The molecule has 0 spiro atoms. The number of hydrogen-bond acceptors (Lipinski definition) is 3. The van der Waals surface area contributed by atoms with Gasteiger partial charge in [0.25, 0.3) is 6.43 Å². The molecule has 1 N–H and O–H groups in total. The number of likely N-dealkylation sites (tertiary alicyclic amines) is 1. The third kappa shape index (κ3) is 3.90. The predicted octanol–water partition coefficient (Wildman–Crippen LogP) is 0.980. The van der Waals surface area contributed by atoms with Crippen molar-refractivity contribution in [3.05, 3.63) is 0 Å². The molecule has 0 bridgehead atoms. The molecule has 1 amide bonds. The summed E-state index contributed by atoms with van der Waals surface area (Å²) in [6.07, 6.45) is -2.11. The molecule has 2 atom stereocenters. The second-order valence-corrected chi connectivity index (χ2v) is 4.28. The van der Waals surface area contributed by atoms with Crippen molar-refractivity contribution in [1.29, 1.82) is 0 Å². The molecule has 0 aromatic carbocycles. The Kier molecular flexibility index (Phi) is 5.46. The van der Waals surface area contributed by atoms with E-state index >= 15 is 0 Å². The van der Waals surface area contributed by atoms with Crippen molar-refractivity contribution >= 4 is 11.9 Å². The quantitative estimate of drug-likeness (QED) is 0.727. The van der Waals surface area contributed by atoms with Crippen LogP contribution in [-0.2, 0) is 14.3 Å². The standard InChI is InChI=1S/C11H17F2NO4/c1-7-8(11(16)17)2-4-14(7)10(15)3-5-18-6-9(12)13/h7-9H,2-6H2,1H3,(H,16,17). The average Bonchev–Trinajstić information content (AvgIpc) is 2.66. The van der Waals surface area contributed by atoms with Crippen molar-refractivity contribution in [2.45, 2.75) is 32.2 Å². The van der Waals surface area contributed by atoms with E-state index in [0.29, 0.717) is 13.0 Å². The number of amides is 1. The van der Waals surface area contributed by atoms with Crippen LogP contribution in [0.2, 0.25) is 0 Å². The van der Waals surface area contributed by atoms with E-state index in [0.717, 1.165) is 0 Å². The number of carbonyl (C=O) groups is 2. The smallest absolute Gasteiger partial charge is 0.308 e. The van der Waals surface area contributed by atoms with Gasteiger partial charge in [-0.3, -0.25) is 9.59 Å². The van der Waals surface area contributed by atoms with E-state index in [1.807, 2.05) is 0 Å². The molecule has 0 aromatic rings. The normalized spacial score (nSPS) is 23.7. The molecule has 1 rings (SSSR count). The first-order chi connectivity index (χ1) is 8.43. The van der Waals surface area contributed by atoms with Crippen LogP contribution in [-0.4, -0.2) is 54.1 Å². The Labute approximate surface area is 104 Å². The third-order valence-corrected chi connectivity index (χ3v) is 3.10. The lowest BCUT2D eigenvalue weighted by molar-refractivity contribution is -0.143. The number of carboxylic acids is 1. The first-order valence-corrected chi connectivity index (χ1v) is 5.81. The highest BCUT2D eigenvalue weighted by Crippen LogP contribution is 2.24. The monoisotopic (exact) mass is 265 g/mol. The zero-order valence-corrected chi connectivity index (χ0v) is 10.1. The number of aliphatic carboxylic acids is 1. The molecular formula is C11H17F2NO4. The number of alkyl halides is 2. The van der Waals surface area contributed by atoms with Crippen molar-refractivity contribution in [1.82, 2.24) is 4.90 Å². The predicted molar refractivity (Wildman–Crippen MR) is 58.4 cm³/mol. The summed E-state index contributed by atoms with van der Waals surface area (Å²) < 4.78 is 28.2. The molecule has 7 heteroatoms. The number of nitrogens with zero attached hydrogens (tertiary/aromatic N) is 1. The Morgan fingerprint density at radius 1 is 1.50 bits per heavy atom. The van der Waals surface area contributed by atoms with E-state index in [2.05, 4.69) is 4.74 Å². The van der Waals surface area contributed by atoms with Gasteiger partial charge in [0.05, 0.1) is 18.9 Å². The molecule has 0 aromatic heterocycles. The highest BCUT2D eigenvalue weighted by Gasteiger charge is 2.37. The van der Waals surface area contributed by atoms with Gasteiger partial charge in [-0.1, -0.05) is 0 Å². The molecule has 1 saturated heterocycles. The van der Waals surface area contributed by atoms with Crippen LogP contribution in [0.1, 0.15) is 19.8 Å². The van der Waals surface area contributed by atoms with Crippen molar-refractivity contribution in [2.24, 2.45) is 5.92 Å². The molecule has 1 heterocycles. The minimum atomic E-state index is -2.54. The Morgan fingerprint density at radius 2 is 2.17 bits per heavy atom. The molecular weight excluding hydrogens is 248 g/mol. The second kappa shape index (κ2) is 6.63. The number of ether oxygens (including phenoxy) is 1. The van der Waals surface area contributed by atoms with E-state index in [-0.39, 0.29) is 25.0 Å². The van der Waals surface area contributed by atoms with E-state index in [1.165, 1.54) is 4.90 Å². The third-order valence-electron chi connectivity index (χ3n) is 3.10. The molecule has 2 unspecified atom stereocenters. The fraction of sp³-hybridized carbons (Fsp3) is 0.818. The van der Waals surface area contributed by atoms with Crippen LogP contribution >= 0.6 is 0 Å². The van der Waals surface area contributed by atoms with Gasteiger partial charge in [0.2, 0.25) is 5.91 Å². The van der Waals surface area contributed by atoms with Gasteiger partial charge in [0.1, 0.15) is 6.61 Å². The Balaban J connectivity index is 2.32. The fourth-order valence-electron chi connectivity index (χ4n) is 2.10. The first-order valence-electron chi connectivity index (χ1n) is 5.81. The summed E-state index contributed by atoms with van der Waals surface area (Å²) in [5.74, 6) is -1.71. The Morgan fingerprint density at radius 3 is 2.67 bits per heavy atom. The zero-order chi connectivity index (χ0) is 13.7. The lowest BCUT2D eigenvalue weighted by atomic mass is 10.0. The van der Waals surface area contributed by atoms with Crippen LogP contribution in [0.5, 0.6) is 0 Å². The lowest BCUT2D eigenvalue weighted by Crippen LogP contribution is -2.38. The summed E-state index contributed by atoms with van der Waals surface area (Å²) >= 11 is 0. The van der Waals surface area contributed by atoms with Gasteiger partial charge in [-0.2, -0.15) is 0 Å².